The van der Waals surface area contributed by atoms with Crippen molar-refractivity contribution < 1.29 is 9.53 Å². The number of rotatable bonds is 1. The lowest BCUT2D eigenvalue weighted by Crippen LogP contribution is -2.33. The second-order valence-electron chi connectivity index (χ2n) is 9.45. The van der Waals surface area contributed by atoms with Gasteiger partial charge in [0, 0.05) is 0 Å². The molecule has 0 amide bonds. The average molecular weight is 369 g/mol. The maximum Gasteiger partial charge on any atom is 0.309 e. The van der Waals surface area contributed by atoms with Crippen molar-refractivity contribution in [3.05, 3.63) is 47.5 Å². The molecule has 0 saturated heterocycles. The van der Waals surface area contributed by atoms with E-state index in [0.29, 0.717) is 11.8 Å². The molecule has 2 aliphatic carbocycles. The largest absolute Gasteiger partial charge is 0.460 e. The minimum Gasteiger partial charge on any atom is -0.460 e. The third-order valence-corrected chi connectivity index (χ3v) is 6.06. The Morgan fingerprint density at radius 2 is 1.85 bits per heavy atom. The lowest BCUT2D eigenvalue weighted by atomic mass is 9.69. The highest BCUT2D eigenvalue weighted by molar-refractivity contribution is 5.73. The quantitative estimate of drug-likeness (QED) is 0.413. The summed E-state index contributed by atoms with van der Waals surface area (Å²) in [7, 11) is 0. The Labute approximate surface area is 165 Å². The van der Waals surface area contributed by atoms with Gasteiger partial charge in [0.25, 0.3) is 0 Å². The van der Waals surface area contributed by atoms with E-state index in [1.54, 1.807) is 0 Å². The Kier molecular flexibility index (Phi) is 6.78. The lowest BCUT2D eigenvalue weighted by Gasteiger charge is -2.37. The molecule has 3 unspecified atom stereocenters. The first-order valence-corrected chi connectivity index (χ1v) is 10.9. The molecule has 3 rings (SSSR count). The Morgan fingerprint density at radius 3 is 2.67 bits per heavy atom. The fourth-order valence-corrected chi connectivity index (χ4v) is 4.75. The molecule has 0 heterocycles. The van der Waals surface area contributed by atoms with E-state index in [1.807, 2.05) is 20.8 Å². The second-order valence-corrected chi connectivity index (χ2v) is 9.45. The summed E-state index contributed by atoms with van der Waals surface area (Å²) in [6.07, 6.45) is 14.9. The lowest BCUT2D eigenvalue weighted by molar-refractivity contribution is -0.162. The third kappa shape index (κ3) is 5.96. The van der Waals surface area contributed by atoms with Crippen molar-refractivity contribution in [2.45, 2.75) is 90.1 Å². The molecular formula is C25H36O2. The zero-order valence-electron chi connectivity index (χ0n) is 17.4. The first-order valence-electron chi connectivity index (χ1n) is 10.9. The highest BCUT2D eigenvalue weighted by atomic mass is 16.6. The molecule has 3 atom stereocenters. The van der Waals surface area contributed by atoms with Crippen LogP contribution in [0.15, 0.2) is 36.4 Å². The van der Waals surface area contributed by atoms with Crippen LogP contribution in [0, 0.1) is 11.8 Å². The normalized spacial score (nSPS) is 28.0. The van der Waals surface area contributed by atoms with Gasteiger partial charge in [0.1, 0.15) is 5.60 Å². The minimum absolute atomic E-state index is 0.0144. The molecule has 0 spiro atoms. The molecule has 1 saturated carbocycles. The van der Waals surface area contributed by atoms with E-state index in [0.717, 1.165) is 32.1 Å². The van der Waals surface area contributed by atoms with Gasteiger partial charge in [0.15, 0.2) is 0 Å². The van der Waals surface area contributed by atoms with Crippen LogP contribution in [0.5, 0.6) is 0 Å². The molecular weight excluding hydrogens is 332 g/mol. The van der Waals surface area contributed by atoms with E-state index >= 15 is 0 Å². The first kappa shape index (κ1) is 20.2. The topological polar surface area (TPSA) is 26.3 Å². The Balaban J connectivity index is 1.77. The van der Waals surface area contributed by atoms with E-state index in [9.17, 15) is 4.79 Å². The number of allylic oxidation sites excluding steroid dienone is 2. The van der Waals surface area contributed by atoms with Gasteiger partial charge in [-0.25, -0.2) is 0 Å². The molecule has 27 heavy (non-hydrogen) atoms. The number of benzene rings is 1. The predicted molar refractivity (Wildman–Crippen MR) is 112 cm³/mol. The zero-order valence-corrected chi connectivity index (χ0v) is 17.4. The van der Waals surface area contributed by atoms with E-state index in [-0.39, 0.29) is 17.5 Å². The van der Waals surface area contributed by atoms with Gasteiger partial charge >= 0.3 is 5.97 Å². The van der Waals surface area contributed by atoms with Crippen LogP contribution >= 0.6 is 0 Å². The number of hydrogen-bond acceptors (Lipinski definition) is 2. The maximum atomic E-state index is 12.7. The summed E-state index contributed by atoms with van der Waals surface area (Å²) in [5.74, 6) is 1.28. The Morgan fingerprint density at radius 1 is 1.04 bits per heavy atom. The SMILES string of the molecule is CC(C)(C)OC(=O)C1CCC2c3cccc(c3)CC/C=C\CCCCC2C1. The summed E-state index contributed by atoms with van der Waals surface area (Å²) in [5, 5.41) is 0. The van der Waals surface area contributed by atoms with Gasteiger partial charge in [-0.3, -0.25) is 4.79 Å². The highest BCUT2D eigenvalue weighted by Crippen LogP contribution is 2.44. The van der Waals surface area contributed by atoms with Crippen molar-refractivity contribution in [1.82, 2.24) is 0 Å². The molecule has 1 fully saturated rings. The number of aryl methyl sites for hydroxylation is 1. The number of carbonyl (C=O) groups is 1. The van der Waals surface area contributed by atoms with E-state index in [2.05, 4.69) is 36.4 Å². The van der Waals surface area contributed by atoms with Gasteiger partial charge < -0.3 is 4.74 Å². The van der Waals surface area contributed by atoms with E-state index in [4.69, 9.17) is 4.74 Å². The van der Waals surface area contributed by atoms with Gasteiger partial charge in [-0.2, -0.15) is 0 Å². The van der Waals surface area contributed by atoms with Crippen LogP contribution in [0.4, 0.5) is 0 Å². The van der Waals surface area contributed by atoms with Crippen LogP contribution in [0.1, 0.15) is 89.2 Å². The molecule has 2 bridgehead atoms. The molecule has 0 radical (unpaired) electrons. The monoisotopic (exact) mass is 368 g/mol. The molecule has 0 aromatic heterocycles. The smallest absolute Gasteiger partial charge is 0.309 e. The van der Waals surface area contributed by atoms with Crippen molar-refractivity contribution in [2.24, 2.45) is 11.8 Å². The van der Waals surface area contributed by atoms with Crippen LogP contribution in [0.2, 0.25) is 0 Å². The van der Waals surface area contributed by atoms with Crippen LogP contribution < -0.4 is 0 Å². The minimum atomic E-state index is -0.390. The standard InChI is InChI=1S/C25H36O2/c1-25(2,3)27-24(26)22-15-16-23-20-14-10-12-19(17-20)11-8-6-4-5-7-9-13-21(23)18-22/h4,6,10,12,14,17,21-23H,5,7-9,11,13,15-16,18H2,1-3H3/b6-4-. The van der Waals surface area contributed by atoms with Crippen LogP contribution in [-0.2, 0) is 16.0 Å². The highest BCUT2D eigenvalue weighted by Gasteiger charge is 2.36. The van der Waals surface area contributed by atoms with Crippen molar-refractivity contribution >= 4 is 5.97 Å². The molecule has 2 nitrogen and oxygen atoms in total. The van der Waals surface area contributed by atoms with Crippen LogP contribution in [-0.4, -0.2) is 11.6 Å². The molecule has 0 aliphatic heterocycles. The number of ether oxygens (including phenoxy) is 1. The van der Waals surface area contributed by atoms with E-state index < -0.39 is 0 Å². The van der Waals surface area contributed by atoms with E-state index in [1.165, 1.54) is 36.8 Å². The van der Waals surface area contributed by atoms with Crippen molar-refractivity contribution in [2.75, 3.05) is 0 Å². The zero-order chi connectivity index (χ0) is 19.3. The van der Waals surface area contributed by atoms with Crippen LogP contribution in [0.25, 0.3) is 0 Å². The van der Waals surface area contributed by atoms with Crippen molar-refractivity contribution in [1.29, 1.82) is 0 Å². The summed E-state index contributed by atoms with van der Waals surface area (Å²) < 4.78 is 5.71. The molecule has 2 heteroatoms. The summed E-state index contributed by atoms with van der Waals surface area (Å²) in [6, 6.07) is 9.23. The van der Waals surface area contributed by atoms with Gasteiger partial charge in [-0.1, -0.05) is 42.8 Å². The average Bonchev–Trinajstić information content (AvgIpc) is 2.63. The van der Waals surface area contributed by atoms with Gasteiger partial charge in [-0.05, 0) is 95.1 Å². The van der Waals surface area contributed by atoms with Crippen LogP contribution in [0.3, 0.4) is 0 Å². The summed E-state index contributed by atoms with van der Waals surface area (Å²) in [5.41, 5.74) is 2.55. The number of esters is 1. The molecule has 1 aromatic carbocycles. The molecule has 1 aromatic rings. The number of hydrogen-bond donors (Lipinski definition) is 0. The first-order chi connectivity index (χ1) is 12.9. The number of carbonyl (C=O) groups excluding carboxylic acids is 1. The fourth-order valence-electron chi connectivity index (χ4n) is 4.75. The molecule has 2 aliphatic rings. The second kappa shape index (κ2) is 9.08. The number of fused-ring (bicyclic) bond motifs is 4. The van der Waals surface area contributed by atoms with Crippen molar-refractivity contribution in [3.63, 3.8) is 0 Å². The molecule has 0 N–H and O–H groups in total. The summed E-state index contributed by atoms with van der Waals surface area (Å²) in [6.45, 7) is 5.90. The van der Waals surface area contributed by atoms with Crippen molar-refractivity contribution in [3.8, 4) is 0 Å². The van der Waals surface area contributed by atoms with Gasteiger partial charge in [-0.15, -0.1) is 0 Å². The fraction of sp³-hybridized carbons (Fsp3) is 0.640. The summed E-state index contributed by atoms with van der Waals surface area (Å²) in [4.78, 5) is 12.7. The third-order valence-electron chi connectivity index (χ3n) is 6.06. The summed E-state index contributed by atoms with van der Waals surface area (Å²) >= 11 is 0. The maximum absolute atomic E-state index is 12.7. The Bertz CT molecular complexity index is 653. The predicted octanol–water partition coefficient (Wildman–Crippen LogP) is 6.59. The molecule has 148 valence electrons. The van der Waals surface area contributed by atoms with Gasteiger partial charge in [0.2, 0.25) is 0 Å². The van der Waals surface area contributed by atoms with Gasteiger partial charge in [0.05, 0.1) is 5.92 Å². The Hall–Kier alpha value is -1.57.